The van der Waals surface area contributed by atoms with E-state index in [4.69, 9.17) is 14.2 Å². The molecule has 0 amide bonds. The van der Waals surface area contributed by atoms with Crippen LogP contribution in [0.5, 0.6) is 23.0 Å². The molecule has 0 saturated carbocycles. The molecule has 0 aliphatic carbocycles. The molecule has 25 heavy (non-hydrogen) atoms. The van der Waals surface area contributed by atoms with Gasteiger partial charge in [-0.05, 0) is 35.7 Å². The molecule has 0 atom stereocenters. The fourth-order valence-electron chi connectivity index (χ4n) is 3.05. The van der Waals surface area contributed by atoms with Crippen molar-refractivity contribution >= 4 is 0 Å². The summed E-state index contributed by atoms with van der Waals surface area (Å²) in [4.78, 5) is 0. The molecule has 0 bridgehead atoms. The van der Waals surface area contributed by atoms with Crippen LogP contribution in [-0.4, -0.2) is 29.2 Å². The lowest BCUT2D eigenvalue weighted by Crippen LogP contribution is -1.93. The van der Waals surface area contributed by atoms with Crippen LogP contribution in [0, 0.1) is 0 Å². The second-order valence-corrected chi connectivity index (χ2v) is 5.75. The first-order chi connectivity index (χ1) is 12.2. The Hall–Kier alpha value is -3.15. The van der Waals surface area contributed by atoms with Crippen LogP contribution < -0.4 is 14.2 Å². The zero-order chi connectivity index (χ0) is 17.4. The number of aromatic amines is 1. The van der Waals surface area contributed by atoms with E-state index in [2.05, 4.69) is 10.2 Å². The fraction of sp³-hybridized carbons (Fsp3) is 0.211. The standard InChI is InChI=1S/C19H18N2O4/c1-3-11-6-13(15(22)8-17(11)23-2)19-14(9-20-21-19)12-4-5-16-18(7-12)25-10-24-16/h4-9,22H,3,10H2,1-2H3,(H,20,21). The molecule has 6 nitrogen and oxygen atoms in total. The number of aromatic hydroxyl groups is 1. The minimum atomic E-state index is 0.128. The molecule has 0 saturated heterocycles. The number of rotatable bonds is 4. The fourth-order valence-corrected chi connectivity index (χ4v) is 3.05. The number of benzene rings is 2. The zero-order valence-electron chi connectivity index (χ0n) is 14.0. The van der Waals surface area contributed by atoms with Crippen LogP contribution in [0.25, 0.3) is 22.4 Å². The van der Waals surface area contributed by atoms with Gasteiger partial charge in [-0.2, -0.15) is 5.10 Å². The number of hydrogen-bond donors (Lipinski definition) is 2. The minimum Gasteiger partial charge on any atom is -0.507 e. The van der Waals surface area contributed by atoms with Crippen molar-refractivity contribution in [1.29, 1.82) is 0 Å². The van der Waals surface area contributed by atoms with Crippen LogP contribution >= 0.6 is 0 Å². The number of fused-ring (bicyclic) bond motifs is 1. The van der Waals surface area contributed by atoms with Crippen molar-refractivity contribution in [3.05, 3.63) is 42.1 Å². The molecule has 128 valence electrons. The van der Waals surface area contributed by atoms with Crippen LogP contribution in [0.2, 0.25) is 0 Å². The molecule has 4 rings (SSSR count). The first kappa shape index (κ1) is 15.4. The average molecular weight is 338 g/mol. The van der Waals surface area contributed by atoms with Crippen molar-refractivity contribution in [1.82, 2.24) is 10.2 Å². The van der Waals surface area contributed by atoms with Gasteiger partial charge in [0, 0.05) is 23.4 Å². The molecule has 3 aromatic rings. The Bertz CT molecular complexity index is 933. The first-order valence-electron chi connectivity index (χ1n) is 8.05. The molecule has 2 N–H and O–H groups in total. The zero-order valence-corrected chi connectivity index (χ0v) is 14.0. The monoisotopic (exact) mass is 338 g/mol. The van der Waals surface area contributed by atoms with Gasteiger partial charge in [0.2, 0.25) is 6.79 Å². The van der Waals surface area contributed by atoms with Crippen molar-refractivity contribution < 1.29 is 19.3 Å². The van der Waals surface area contributed by atoms with Gasteiger partial charge in [0.15, 0.2) is 11.5 Å². The highest BCUT2D eigenvalue weighted by Crippen LogP contribution is 2.41. The average Bonchev–Trinajstić information content (AvgIpc) is 3.29. The van der Waals surface area contributed by atoms with Gasteiger partial charge in [-0.15, -0.1) is 0 Å². The third-order valence-corrected chi connectivity index (χ3v) is 4.36. The number of aromatic nitrogens is 2. The van der Waals surface area contributed by atoms with Crippen LogP contribution in [-0.2, 0) is 6.42 Å². The number of nitrogens with zero attached hydrogens (tertiary/aromatic N) is 1. The maximum atomic E-state index is 10.5. The maximum Gasteiger partial charge on any atom is 0.231 e. The van der Waals surface area contributed by atoms with E-state index in [9.17, 15) is 5.11 Å². The molecule has 0 unspecified atom stereocenters. The van der Waals surface area contributed by atoms with E-state index in [1.54, 1.807) is 13.2 Å². The van der Waals surface area contributed by atoms with Gasteiger partial charge in [-0.1, -0.05) is 13.0 Å². The van der Waals surface area contributed by atoms with E-state index in [-0.39, 0.29) is 12.5 Å². The molecule has 1 aliphatic heterocycles. The number of phenolic OH excluding ortho intramolecular Hbond substituents is 1. The topological polar surface area (TPSA) is 76.6 Å². The summed E-state index contributed by atoms with van der Waals surface area (Å²) in [6, 6.07) is 9.29. The van der Waals surface area contributed by atoms with Crippen molar-refractivity contribution in [2.75, 3.05) is 13.9 Å². The molecular weight excluding hydrogens is 320 g/mol. The van der Waals surface area contributed by atoms with Gasteiger partial charge >= 0.3 is 0 Å². The van der Waals surface area contributed by atoms with Crippen molar-refractivity contribution in [2.45, 2.75) is 13.3 Å². The normalized spacial score (nSPS) is 12.4. The number of aryl methyl sites for hydroxylation is 1. The third kappa shape index (κ3) is 2.55. The molecule has 6 heteroatoms. The van der Waals surface area contributed by atoms with Gasteiger partial charge in [0.05, 0.1) is 7.11 Å². The summed E-state index contributed by atoms with van der Waals surface area (Å²) in [7, 11) is 1.60. The van der Waals surface area contributed by atoms with Gasteiger partial charge in [-0.3, -0.25) is 5.10 Å². The van der Waals surface area contributed by atoms with Gasteiger partial charge in [0.1, 0.15) is 17.2 Å². The predicted molar refractivity (Wildman–Crippen MR) is 93.2 cm³/mol. The molecule has 2 aromatic carbocycles. The Labute approximate surface area is 145 Å². The van der Waals surface area contributed by atoms with Gasteiger partial charge in [-0.25, -0.2) is 0 Å². The second-order valence-electron chi connectivity index (χ2n) is 5.75. The molecule has 1 aliphatic rings. The van der Waals surface area contributed by atoms with E-state index in [0.717, 1.165) is 28.9 Å². The van der Waals surface area contributed by atoms with E-state index in [1.165, 1.54) is 0 Å². The lowest BCUT2D eigenvalue weighted by atomic mass is 9.98. The maximum absolute atomic E-state index is 10.5. The highest BCUT2D eigenvalue weighted by Gasteiger charge is 2.19. The summed E-state index contributed by atoms with van der Waals surface area (Å²) in [5.41, 5.74) is 4.15. The number of ether oxygens (including phenoxy) is 3. The molecule has 0 radical (unpaired) electrons. The number of phenols is 1. The van der Waals surface area contributed by atoms with Crippen molar-refractivity contribution in [2.24, 2.45) is 0 Å². The molecule has 1 aromatic heterocycles. The lowest BCUT2D eigenvalue weighted by Gasteiger charge is -2.12. The summed E-state index contributed by atoms with van der Waals surface area (Å²) < 4.78 is 16.2. The summed E-state index contributed by atoms with van der Waals surface area (Å²) >= 11 is 0. The van der Waals surface area contributed by atoms with Crippen LogP contribution in [0.3, 0.4) is 0 Å². The summed E-state index contributed by atoms with van der Waals surface area (Å²) in [6.07, 6.45) is 2.60. The highest BCUT2D eigenvalue weighted by molar-refractivity contribution is 5.84. The molecule has 2 heterocycles. The molecule has 0 spiro atoms. The van der Waals surface area contributed by atoms with Gasteiger partial charge < -0.3 is 19.3 Å². The van der Waals surface area contributed by atoms with Crippen LogP contribution in [0.15, 0.2) is 36.5 Å². The third-order valence-electron chi connectivity index (χ3n) is 4.36. The summed E-state index contributed by atoms with van der Waals surface area (Å²) in [5, 5.41) is 17.7. The minimum absolute atomic E-state index is 0.128. The number of H-pyrrole nitrogens is 1. The first-order valence-corrected chi connectivity index (χ1v) is 8.05. The van der Waals surface area contributed by atoms with E-state index in [1.807, 2.05) is 37.4 Å². The van der Waals surface area contributed by atoms with Crippen LogP contribution in [0.1, 0.15) is 12.5 Å². The number of methoxy groups -OCH3 is 1. The van der Waals surface area contributed by atoms with Crippen molar-refractivity contribution in [3.8, 4) is 45.4 Å². The van der Waals surface area contributed by atoms with E-state index < -0.39 is 0 Å². The smallest absolute Gasteiger partial charge is 0.231 e. The SMILES string of the molecule is CCc1cc(-c2n[nH]cc2-c2ccc3c(c2)OCO3)c(O)cc1OC. The highest BCUT2D eigenvalue weighted by atomic mass is 16.7. The van der Waals surface area contributed by atoms with Gasteiger partial charge in [0.25, 0.3) is 0 Å². The van der Waals surface area contributed by atoms with E-state index >= 15 is 0 Å². The predicted octanol–water partition coefficient (Wildman–Crippen LogP) is 3.75. The Morgan fingerprint density at radius 3 is 2.80 bits per heavy atom. The van der Waals surface area contributed by atoms with E-state index in [0.29, 0.717) is 22.8 Å². The largest absolute Gasteiger partial charge is 0.507 e. The lowest BCUT2D eigenvalue weighted by molar-refractivity contribution is 0.174. The van der Waals surface area contributed by atoms with Crippen LogP contribution in [0.4, 0.5) is 0 Å². The Balaban J connectivity index is 1.83. The number of hydrogen-bond acceptors (Lipinski definition) is 5. The quantitative estimate of drug-likeness (QED) is 0.758. The molecular formula is C19H18N2O4. The number of nitrogens with one attached hydrogen (secondary N) is 1. The van der Waals surface area contributed by atoms with Crippen molar-refractivity contribution in [3.63, 3.8) is 0 Å². The summed E-state index contributed by atoms with van der Waals surface area (Å²) in [5.74, 6) is 2.24. The Morgan fingerprint density at radius 1 is 1.16 bits per heavy atom. The Kier molecular flexibility index (Phi) is 3.72. The second kappa shape index (κ2) is 6.05. The summed E-state index contributed by atoms with van der Waals surface area (Å²) in [6.45, 7) is 2.28. The molecule has 0 fully saturated rings. The Morgan fingerprint density at radius 2 is 2.00 bits per heavy atom.